The summed E-state index contributed by atoms with van der Waals surface area (Å²) in [7, 11) is 0. The molecule has 0 aliphatic heterocycles. The van der Waals surface area contributed by atoms with Crippen LogP contribution in [0.15, 0.2) is 54.6 Å². The maximum absolute atomic E-state index is 12.2. The average molecular weight is 386 g/mol. The van der Waals surface area contributed by atoms with Crippen molar-refractivity contribution in [2.24, 2.45) is 11.8 Å². The highest BCUT2D eigenvalue weighted by Gasteiger charge is 2.39. The van der Waals surface area contributed by atoms with Crippen LogP contribution in [-0.2, 0) is 16.0 Å². The second-order valence-electron chi connectivity index (χ2n) is 7.40. The molecule has 1 aromatic carbocycles. The van der Waals surface area contributed by atoms with Crippen LogP contribution < -0.4 is 0 Å². The lowest BCUT2D eigenvalue weighted by Crippen LogP contribution is -2.19. The average Bonchev–Trinajstić information content (AvgIpc) is 2.94. The highest BCUT2D eigenvalue weighted by atomic mass is 16.4. The van der Waals surface area contributed by atoms with Crippen molar-refractivity contribution < 1.29 is 24.9 Å². The smallest absolute Gasteiger partial charge is 0.303 e. The first-order chi connectivity index (χ1) is 13.5. The van der Waals surface area contributed by atoms with Crippen molar-refractivity contribution in [3.63, 3.8) is 0 Å². The van der Waals surface area contributed by atoms with Gasteiger partial charge in [-0.2, -0.15) is 0 Å². The molecule has 5 heteroatoms. The van der Waals surface area contributed by atoms with Crippen LogP contribution in [0.1, 0.15) is 44.1 Å². The zero-order valence-electron chi connectivity index (χ0n) is 16.1. The molecule has 0 bridgehead atoms. The number of carbonyl (C=O) groups excluding carboxylic acids is 1. The van der Waals surface area contributed by atoms with Crippen molar-refractivity contribution >= 4 is 11.8 Å². The summed E-state index contributed by atoms with van der Waals surface area (Å²) in [6.45, 7) is 0. The maximum atomic E-state index is 12.2. The second-order valence-corrected chi connectivity index (χ2v) is 7.40. The minimum atomic E-state index is -0.804. The van der Waals surface area contributed by atoms with E-state index in [9.17, 15) is 19.8 Å². The van der Waals surface area contributed by atoms with Gasteiger partial charge in [-0.3, -0.25) is 9.59 Å². The fourth-order valence-electron chi connectivity index (χ4n) is 3.57. The van der Waals surface area contributed by atoms with Crippen LogP contribution in [0.5, 0.6) is 0 Å². The van der Waals surface area contributed by atoms with Crippen molar-refractivity contribution in [2.75, 3.05) is 0 Å². The first-order valence-corrected chi connectivity index (χ1v) is 9.95. The largest absolute Gasteiger partial charge is 0.481 e. The third-order valence-electron chi connectivity index (χ3n) is 5.19. The number of rotatable bonds is 11. The summed E-state index contributed by atoms with van der Waals surface area (Å²) < 4.78 is 0. The van der Waals surface area contributed by atoms with Crippen LogP contribution in [0, 0.1) is 11.8 Å². The Balaban J connectivity index is 1.82. The predicted octanol–water partition coefficient (Wildman–Crippen LogP) is 3.30. The summed E-state index contributed by atoms with van der Waals surface area (Å²) in [6, 6.07) is 9.93. The lowest BCUT2D eigenvalue weighted by Gasteiger charge is -2.17. The summed E-state index contributed by atoms with van der Waals surface area (Å²) in [5.41, 5.74) is 1.16. The molecule has 0 saturated heterocycles. The Hall–Kier alpha value is -2.24. The summed E-state index contributed by atoms with van der Waals surface area (Å²) in [4.78, 5) is 22.7. The van der Waals surface area contributed by atoms with Gasteiger partial charge in [-0.15, -0.1) is 0 Å². The molecule has 0 spiro atoms. The van der Waals surface area contributed by atoms with E-state index >= 15 is 0 Å². The topological polar surface area (TPSA) is 94.8 Å². The molecule has 0 unspecified atom stereocenters. The monoisotopic (exact) mass is 386 g/mol. The molecular formula is C23H30O5. The summed E-state index contributed by atoms with van der Waals surface area (Å²) in [6.07, 6.45) is 9.39. The number of aryl methyl sites for hydroxylation is 1. The van der Waals surface area contributed by atoms with Crippen LogP contribution in [-0.4, -0.2) is 39.3 Å². The van der Waals surface area contributed by atoms with Crippen molar-refractivity contribution in [1.82, 2.24) is 0 Å². The molecule has 1 aliphatic carbocycles. The number of hydrogen-bond donors (Lipinski definition) is 3. The fraction of sp³-hybridized carbons (Fsp3) is 0.478. The van der Waals surface area contributed by atoms with Crippen LogP contribution >= 0.6 is 0 Å². The number of allylic oxidation sites excluding steroid dienone is 3. The molecule has 0 radical (unpaired) electrons. The molecule has 3 N–H and O–H groups in total. The van der Waals surface area contributed by atoms with Gasteiger partial charge in [0.25, 0.3) is 0 Å². The summed E-state index contributed by atoms with van der Waals surface area (Å²) >= 11 is 0. The van der Waals surface area contributed by atoms with E-state index in [1.807, 2.05) is 42.5 Å². The zero-order valence-corrected chi connectivity index (χ0v) is 16.1. The first-order valence-electron chi connectivity index (χ1n) is 9.95. The van der Waals surface area contributed by atoms with Gasteiger partial charge in [-0.25, -0.2) is 0 Å². The molecule has 1 aliphatic rings. The Morgan fingerprint density at radius 3 is 2.68 bits per heavy atom. The van der Waals surface area contributed by atoms with Crippen molar-refractivity contribution in [3.05, 3.63) is 60.2 Å². The lowest BCUT2D eigenvalue weighted by molar-refractivity contribution is -0.137. The van der Waals surface area contributed by atoms with Gasteiger partial charge in [0.05, 0.1) is 12.2 Å². The van der Waals surface area contributed by atoms with E-state index in [1.54, 1.807) is 12.2 Å². The van der Waals surface area contributed by atoms with Gasteiger partial charge < -0.3 is 15.3 Å². The molecule has 2 rings (SSSR count). The van der Waals surface area contributed by atoms with Crippen LogP contribution in [0.4, 0.5) is 0 Å². The number of unbranched alkanes of at least 4 members (excludes halogenated alkanes) is 1. The normalized spacial score (nSPS) is 23.6. The summed E-state index contributed by atoms with van der Waals surface area (Å²) in [5, 5.41) is 29.0. The standard InChI is InChI=1S/C23H30O5/c24-18(13-12-17-8-4-3-5-9-17)14-15-20-19(21(25)16-22(20)26)10-6-1-2-7-11-23(27)28/h1,3-6,8-9,14-15,18-21,24-25H,2,7,10-13,16H2,(H,27,28)/b6-1-,15-14+/t18-,19-,20-,21+/m1/s1. The number of benzene rings is 1. The molecule has 28 heavy (non-hydrogen) atoms. The molecule has 0 aromatic heterocycles. The summed E-state index contributed by atoms with van der Waals surface area (Å²) in [5.74, 6) is -1.38. The number of Topliss-reactive ketones (excluding diaryl/α,β-unsaturated/α-hetero) is 1. The van der Waals surface area contributed by atoms with Crippen LogP contribution in [0.3, 0.4) is 0 Å². The molecule has 0 heterocycles. The molecule has 1 fully saturated rings. The van der Waals surface area contributed by atoms with E-state index in [-0.39, 0.29) is 30.5 Å². The van der Waals surface area contributed by atoms with Crippen LogP contribution in [0.25, 0.3) is 0 Å². The van der Waals surface area contributed by atoms with Crippen molar-refractivity contribution in [1.29, 1.82) is 0 Å². The molecular weight excluding hydrogens is 356 g/mol. The van der Waals surface area contributed by atoms with E-state index in [0.29, 0.717) is 25.7 Å². The fourth-order valence-corrected chi connectivity index (χ4v) is 3.57. The number of carboxylic acid groups (broad SMARTS) is 1. The maximum Gasteiger partial charge on any atom is 0.303 e. The number of ketones is 1. The van der Waals surface area contributed by atoms with E-state index < -0.39 is 18.2 Å². The molecule has 152 valence electrons. The number of carbonyl (C=O) groups is 2. The van der Waals surface area contributed by atoms with E-state index in [0.717, 1.165) is 12.0 Å². The minimum Gasteiger partial charge on any atom is -0.481 e. The van der Waals surface area contributed by atoms with Crippen molar-refractivity contribution in [3.8, 4) is 0 Å². The van der Waals surface area contributed by atoms with E-state index in [1.165, 1.54) is 0 Å². The SMILES string of the molecule is O=C(O)CCC/C=C\C[C@H]1[C@@H](O)CC(=O)[C@@H]1/C=C/[C@H](O)CCc1ccccc1. The number of aliphatic hydroxyl groups is 2. The Morgan fingerprint density at radius 2 is 1.96 bits per heavy atom. The van der Waals surface area contributed by atoms with E-state index in [4.69, 9.17) is 5.11 Å². The Labute approximate surface area is 166 Å². The number of hydrogen-bond acceptors (Lipinski definition) is 4. The highest BCUT2D eigenvalue weighted by molar-refractivity contribution is 5.86. The van der Waals surface area contributed by atoms with Gasteiger partial charge in [0.2, 0.25) is 0 Å². The molecule has 1 aromatic rings. The molecule has 5 nitrogen and oxygen atoms in total. The second kappa shape index (κ2) is 11.6. The van der Waals surface area contributed by atoms with Crippen molar-refractivity contribution in [2.45, 2.75) is 57.2 Å². The van der Waals surface area contributed by atoms with Gasteiger partial charge in [0, 0.05) is 24.7 Å². The van der Waals surface area contributed by atoms with Crippen LogP contribution in [0.2, 0.25) is 0 Å². The first kappa shape index (κ1) is 22.1. The zero-order chi connectivity index (χ0) is 20.4. The van der Waals surface area contributed by atoms with Gasteiger partial charge in [-0.05, 0) is 37.7 Å². The third kappa shape index (κ3) is 7.41. The molecule has 1 saturated carbocycles. The molecule has 4 atom stereocenters. The Morgan fingerprint density at radius 1 is 1.21 bits per heavy atom. The number of carboxylic acids is 1. The minimum absolute atomic E-state index is 0.00304. The Bertz CT molecular complexity index is 679. The number of aliphatic hydroxyl groups excluding tert-OH is 2. The molecule has 0 amide bonds. The van der Waals surface area contributed by atoms with Gasteiger partial charge in [0.15, 0.2) is 0 Å². The third-order valence-corrected chi connectivity index (χ3v) is 5.19. The predicted molar refractivity (Wildman–Crippen MR) is 108 cm³/mol. The lowest BCUT2D eigenvalue weighted by atomic mass is 9.90. The quantitative estimate of drug-likeness (QED) is 0.401. The van der Waals surface area contributed by atoms with Gasteiger partial charge >= 0.3 is 5.97 Å². The van der Waals surface area contributed by atoms with Gasteiger partial charge in [0.1, 0.15) is 5.78 Å². The Kier molecular flexibility index (Phi) is 9.11. The van der Waals surface area contributed by atoms with E-state index in [2.05, 4.69) is 0 Å². The highest BCUT2D eigenvalue weighted by Crippen LogP contribution is 2.33. The van der Waals surface area contributed by atoms with Gasteiger partial charge in [-0.1, -0.05) is 54.6 Å². The number of aliphatic carboxylic acids is 1.